The van der Waals surface area contributed by atoms with Gasteiger partial charge in [0.1, 0.15) is 0 Å². The molecule has 20 heavy (non-hydrogen) atoms. The predicted molar refractivity (Wildman–Crippen MR) is 96.2 cm³/mol. The largest absolute Gasteiger partial charge is 0.380 e. The standard InChI is InChI=1S/C14H30N4O.HI/c1-3-19-13-9-17-14(15-2)16-8-4-5-10-18-11-6-7-12-18;/h3-13H2,1-2H3,(H2,15,16,17);1H. The molecule has 0 amide bonds. The van der Waals surface area contributed by atoms with Crippen LogP contribution in [0.15, 0.2) is 4.99 Å². The van der Waals surface area contributed by atoms with Crippen LogP contribution in [-0.2, 0) is 4.74 Å². The van der Waals surface area contributed by atoms with Crippen molar-refractivity contribution in [2.75, 3.05) is 53.0 Å². The van der Waals surface area contributed by atoms with Crippen molar-refractivity contribution in [3.63, 3.8) is 0 Å². The second-order valence-corrected chi connectivity index (χ2v) is 4.88. The number of nitrogens with one attached hydrogen (secondary N) is 2. The Balaban J connectivity index is 0.00000361. The fraction of sp³-hybridized carbons (Fsp3) is 0.929. The minimum atomic E-state index is 0. The molecule has 0 saturated carbocycles. The van der Waals surface area contributed by atoms with Gasteiger partial charge in [0.2, 0.25) is 0 Å². The molecule has 1 heterocycles. The summed E-state index contributed by atoms with van der Waals surface area (Å²) in [6.07, 6.45) is 5.23. The number of ether oxygens (including phenoxy) is 1. The molecule has 1 aliphatic rings. The van der Waals surface area contributed by atoms with E-state index in [0.29, 0.717) is 0 Å². The van der Waals surface area contributed by atoms with E-state index in [2.05, 4.69) is 20.5 Å². The molecule has 6 heteroatoms. The van der Waals surface area contributed by atoms with Gasteiger partial charge < -0.3 is 20.3 Å². The van der Waals surface area contributed by atoms with Gasteiger partial charge in [0.15, 0.2) is 5.96 Å². The lowest BCUT2D eigenvalue weighted by Crippen LogP contribution is -2.39. The van der Waals surface area contributed by atoms with Crippen molar-refractivity contribution >= 4 is 29.9 Å². The van der Waals surface area contributed by atoms with Crippen molar-refractivity contribution in [1.29, 1.82) is 0 Å². The molecule has 2 N–H and O–H groups in total. The fourth-order valence-electron chi connectivity index (χ4n) is 2.28. The van der Waals surface area contributed by atoms with Gasteiger partial charge in [0, 0.05) is 26.7 Å². The maximum atomic E-state index is 5.28. The van der Waals surface area contributed by atoms with Crippen molar-refractivity contribution in [2.24, 2.45) is 4.99 Å². The third-order valence-electron chi connectivity index (χ3n) is 3.36. The van der Waals surface area contributed by atoms with Crippen LogP contribution >= 0.6 is 24.0 Å². The Hall–Kier alpha value is -0.0800. The molecule has 5 nitrogen and oxygen atoms in total. The number of hydrogen-bond donors (Lipinski definition) is 2. The predicted octanol–water partition coefficient (Wildman–Crippen LogP) is 1.68. The summed E-state index contributed by atoms with van der Waals surface area (Å²) in [5.74, 6) is 0.876. The average Bonchev–Trinajstić information content (AvgIpc) is 2.94. The molecule has 0 radical (unpaired) electrons. The van der Waals surface area contributed by atoms with Crippen LogP contribution in [0.5, 0.6) is 0 Å². The Bertz CT molecular complexity index is 245. The Kier molecular flexibility index (Phi) is 13.8. The van der Waals surface area contributed by atoms with E-state index in [9.17, 15) is 0 Å². The van der Waals surface area contributed by atoms with Gasteiger partial charge in [-0.15, -0.1) is 24.0 Å². The first-order valence-corrected chi connectivity index (χ1v) is 7.61. The molecule has 120 valence electrons. The Morgan fingerprint density at radius 1 is 1.15 bits per heavy atom. The molecule has 0 spiro atoms. The molecular weight excluding hydrogens is 367 g/mol. The summed E-state index contributed by atoms with van der Waals surface area (Å²) >= 11 is 0. The minimum absolute atomic E-state index is 0. The smallest absolute Gasteiger partial charge is 0.191 e. The molecule has 0 aromatic rings. The van der Waals surface area contributed by atoms with E-state index >= 15 is 0 Å². The Labute approximate surface area is 140 Å². The highest BCUT2D eigenvalue weighted by atomic mass is 127. The quantitative estimate of drug-likeness (QED) is 0.269. The van der Waals surface area contributed by atoms with Crippen LogP contribution < -0.4 is 10.6 Å². The number of rotatable bonds is 9. The first-order valence-electron chi connectivity index (χ1n) is 7.61. The SMILES string of the molecule is CCOCCNC(=NC)NCCCCN1CCCC1.I. The second kappa shape index (κ2) is 13.9. The zero-order valence-electron chi connectivity index (χ0n) is 13.0. The van der Waals surface area contributed by atoms with Crippen LogP contribution in [0.4, 0.5) is 0 Å². The fourth-order valence-corrected chi connectivity index (χ4v) is 2.28. The summed E-state index contributed by atoms with van der Waals surface area (Å²) in [6, 6.07) is 0. The lowest BCUT2D eigenvalue weighted by Gasteiger charge is -2.15. The van der Waals surface area contributed by atoms with Gasteiger partial charge in [-0.3, -0.25) is 4.99 Å². The van der Waals surface area contributed by atoms with Gasteiger partial charge in [-0.2, -0.15) is 0 Å². The highest BCUT2D eigenvalue weighted by Crippen LogP contribution is 2.07. The van der Waals surface area contributed by atoms with Gasteiger partial charge in [-0.25, -0.2) is 0 Å². The van der Waals surface area contributed by atoms with E-state index in [0.717, 1.165) is 32.3 Å². The van der Waals surface area contributed by atoms with Gasteiger partial charge in [-0.05, 0) is 52.2 Å². The molecule has 0 aliphatic carbocycles. The van der Waals surface area contributed by atoms with Crippen LogP contribution in [0, 0.1) is 0 Å². The third-order valence-corrected chi connectivity index (χ3v) is 3.36. The second-order valence-electron chi connectivity index (χ2n) is 4.88. The van der Waals surface area contributed by atoms with Crippen LogP contribution in [0.2, 0.25) is 0 Å². The summed E-state index contributed by atoms with van der Waals surface area (Å²) in [4.78, 5) is 6.75. The molecule has 1 saturated heterocycles. The molecule has 1 rings (SSSR count). The number of likely N-dealkylation sites (tertiary alicyclic amines) is 1. The van der Waals surface area contributed by atoms with E-state index in [1.807, 2.05) is 6.92 Å². The lowest BCUT2D eigenvalue weighted by molar-refractivity contribution is 0.152. The van der Waals surface area contributed by atoms with Crippen molar-refractivity contribution < 1.29 is 4.74 Å². The van der Waals surface area contributed by atoms with Gasteiger partial charge >= 0.3 is 0 Å². The van der Waals surface area contributed by atoms with E-state index in [4.69, 9.17) is 4.74 Å². The Morgan fingerprint density at radius 2 is 1.85 bits per heavy atom. The van der Waals surface area contributed by atoms with Crippen LogP contribution in [0.1, 0.15) is 32.6 Å². The molecule has 0 unspecified atom stereocenters. The average molecular weight is 398 g/mol. The first-order chi connectivity index (χ1) is 9.36. The topological polar surface area (TPSA) is 48.9 Å². The number of hydrogen-bond acceptors (Lipinski definition) is 3. The molecule has 1 fully saturated rings. The lowest BCUT2D eigenvalue weighted by atomic mass is 10.3. The Morgan fingerprint density at radius 3 is 2.50 bits per heavy atom. The van der Waals surface area contributed by atoms with Gasteiger partial charge in [-0.1, -0.05) is 0 Å². The van der Waals surface area contributed by atoms with E-state index < -0.39 is 0 Å². The normalized spacial score (nSPS) is 16.0. The summed E-state index contributed by atoms with van der Waals surface area (Å²) in [7, 11) is 1.81. The van der Waals surface area contributed by atoms with Crippen LogP contribution in [0.25, 0.3) is 0 Å². The molecule has 1 aliphatic heterocycles. The van der Waals surface area contributed by atoms with Gasteiger partial charge in [0.05, 0.1) is 6.61 Å². The van der Waals surface area contributed by atoms with E-state index in [1.165, 1.54) is 45.3 Å². The number of aliphatic imine (C=N–C) groups is 1. The number of unbranched alkanes of at least 4 members (excludes halogenated alkanes) is 1. The van der Waals surface area contributed by atoms with Crippen LogP contribution in [0.3, 0.4) is 0 Å². The third kappa shape index (κ3) is 9.77. The first kappa shape index (κ1) is 19.9. The van der Waals surface area contributed by atoms with Crippen molar-refractivity contribution in [3.05, 3.63) is 0 Å². The van der Waals surface area contributed by atoms with Gasteiger partial charge in [0.25, 0.3) is 0 Å². The van der Waals surface area contributed by atoms with Crippen molar-refractivity contribution in [1.82, 2.24) is 15.5 Å². The number of halogens is 1. The van der Waals surface area contributed by atoms with E-state index in [-0.39, 0.29) is 24.0 Å². The van der Waals surface area contributed by atoms with Crippen LogP contribution in [-0.4, -0.2) is 63.8 Å². The molecule has 0 atom stereocenters. The summed E-state index contributed by atoms with van der Waals surface area (Å²) < 4.78 is 5.28. The zero-order valence-corrected chi connectivity index (χ0v) is 15.3. The molecule has 0 aromatic carbocycles. The maximum absolute atomic E-state index is 5.28. The van der Waals surface area contributed by atoms with Crippen molar-refractivity contribution in [2.45, 2.75) is 32.6 Å². The zero-order chi connectivity index (χ0) is 13.8. The summed E-state index contributed by atoms with van der Waals surface area (Å²) in [5, 5.41) is 6.58. The minimum Gasteiger partial charge on any atom is -0.380 e. The number of guanidine groups is 1. The highest BCUT2D eigenvalue weighted by molar-refractivity contribution is 14.0. The van der Waals surface area contributed by atoms with Crippen molar-refractivity contribution in [3.8, 4) is 0 Å². The summed E-state index contributed by atoms with van der Waals surface area (Å²) in [5.41, 5.74) is 0. The molecule has 0 aromatic heterocycles. The maximum Gasteiger partial charge on any atom is 0.191 e. The highest BCUT2D eigenvalue weighted by Gasteiger charge is 2.09. The van der Waals surface area contributed by atoms with E-state index in [1.54, 1.807) is 7.05 Å². The summed E-state index contributed by atoms with van der Waals surface area (Å²) in [6.45, 7) is 9.15. The molecule has 0 bridgehead atoms. The molecular formula is C14H31IN4O. The number of nitrogens with zero attached hydrogens (tertiary/aromatic N) is 2. The monoisotopic (exact) mass is 398 g/mol.